The molecule has 0 radical (unpaired) electrons. The highest BCUT2D eigenvalue weighted by molar-refractivity contribution is 5.27. The average molecular weight is 397 g/mol. The molecule has 0 saturated heterocycles. The second kappa shape index (κ2) is 9.15. The van der Waals surface area contributed by atoms with Crippen molar-refractivity contribution in [2.45, 2.75) is 112 Å². The van der Waals surface area contributed by atoms with Crippen LogP contribution in [0.1, 0.15) is 112 Å². The zero-order chi connectivity index (χ0) is 21.2. The van der Waals surface area contributed by atoms with Crippen molar-refractivity contribution in [3.8, 4) is 0 Å². The number of fused-ring (bicyclic) bond motifs is 1. The van der Waals surface area contributed by atoms with Crippen LogP contribution in [-0.2, 0) is 0 Å². The summed E-state index contributed by atoms with van der Waals surface area (Å²) < 4.78 is 0. The van der Waals surface area contributed by atoms with Gasteiger partial charge in [0.25, 0.3) is 0 Å². The molecule has 0 aromatic heterocycles. The van der Waals surface area contributed by atoms with Crippen LogP contribution in [0.3, 0.4) is 0 Å². The predicted molar refractivity (Wildman–Crippen MR) is 129 cm³/mol. The van der Waals surface area contributed by atoms with Crippen molar-refractivity contribution in [1.82, 2.24) is 0 Å². The summed E-state index contributed by atoms with van der Waals surface area (Å²) in [5.41, 5.74) is 5.94. The minimum absolute atomic E-state index is 0.485. The van der Waals surface area contributed by atoms with Gasteiger partial charge in [-0.05, 0) is 92.3 Å². The van der Waals surface area contributed by atoms with Gasteiger partial charge in [0, 0.05) is 0 Å². The molecular formula is C29H48. The van der Waals surface area contributed by atoms with Crippen molar-refractivity contribution in [2.24, 2.45) is 34.5 Å². The molecular weight excluding hydrogens is 348 g/mol. The fourth-order valence-corrected chi connectivity index (χ4v) is 6.95. The van der Waals surface area contributed by atoms with E-state index in [1.54, 1.807) is 11.1 Å². The third-order valence-electron chi connectivity index (χ3n) is 8.88. The van der Waals surface area contributed by atoms with Crippen LogP contribution in [0.2, 0.25) is 0 Å². The van der Waals surface area contributed by atoms with Crippen LogP contribution < -0.4 is 0 Å². The van der Waals surface area contributed by atoms with Crippen LogP contribution in [0.25, 0.3) is 0 Å². The quantitative estimate of drug-likeness (QED) is 0.406. The third-order valence-corrected chi connectivity index (χ3v) is 8.88. The zero-order valence-electron chi connectivity index (χ0n) is 20.4. The second-order valence-electron chi connectivity index (χ2n) is 12.4. The molecule has 0 N–H and O–H groups in total. The lowest BCUT2D eigenvalue weighted by Crippen LogP contribution is -2.36. The molecule has 0 amide bonds. The van der Waals surface area contributed by atoms with E-state index in [0.717, 1.165) is 17.8 Å². The maximum atomic E-state index is 4.25. The lowest BCUT2D eigenvalue weighted by atomic mass is 9.60. The maximum absolute atomic E-state index is 4.25. The second-order valence-corrected chi connectivity index (χ2v) is 12.4. The van der Waals surface area contributed by atoms with E-state index in [1.807, 2.05) is 0 Å². The molecule has 0 heterocycles. The third kappa shape index (κ3) is 5.48. The van der Waals surface area contributed by atoms with Crippen LogP contribution in [0.15, 0.2) is 35.5 Å². The van der Waals surface area contributed by atoms with Crippen molar-refractivity contribution in [3.05, 3.63) is 35.5 Å². The lowest BCUT2D eigenvalue weighted by molar-refractivity contribution is 0.0920. The Balaban J connectivity index is 1.65. The smallest absolute Gasteiger partial charge is 0.0143 e. The Bertz CT molecular complexity index is 639. The summed E-state index contributed by atoms with van der Waals surface area (Å²) in [6.07, 6.45) is 20.1. The van der Waals surface area contributed by atoms with Gasteiger partial charge in [0.2, 0.25) is 0 Å². The summed E-state index contributed by atoms with van der Waals surface area (Å²) >= 11 is 0. The summed E-state index contributed by atoms with van der Waals surface area (Å²) in [6, 6.07) is 0. The van der Waals surface area contributed by atoms with Gasteiger partial charge in [0.1, 0.15) is 0 Å². The molecule has 0 bridgehead atoms. The van der Waals surface area contributed by atoms with E-state index in [4.69, 9.17) is 0 Å². The molecule has 0 nitrogen and oxygen atoms in total. The Morgan fingerprint density at radius 3 is 2.59 bits per heavy atom. The van der Waals surface area contributed by atoms with Crippen LogP contribution in [-0.4, -0.2) is 0 Å². The van der Waals surface area contributed by atoms with E-state index in [2.05, 4.69) is 60.3 Å². The highest BCUT2D eigenvalue weighted by atomic mass is 14.5. The largest absolute Gasteiger partial charge is 0.0996 e. The average Bonchev–Trinajstić information content (AvgIpc) is 2.99. The summed E-state index contributed by atoms with van der Waals surface area (Å²) in [6.45, 7) is 19.0. The van der Waals surface area contributed by atoms with Gasteiger partial charge >= 0.3 is 0 Å². The summed E-state index contributed by atoms with van der Waals surface area (Å²) in [4.78, 5) is 0. The Kier molecular flexibility index (Phi) is 7.23. The highest BCUT2D eigenvalue weighted by Gasteiger charge is 2.50. The van der Waals surface area contributed by atoms with Crippen LogP contribution >= 0.6 is 0 Å². The molecule has 3 aliphatic carbocycles. The standard InChI is InChI=1S/C29H48/c1-21-12-13-24(20-23(21)3)14-15-25-11-9-19-29(7)26(16-17-27(25)29)22(2)10-8-18-28(4,5)6/h14-15,22-23,26-27H,1,8-13,16-20H2,2-7H3/b24-14-,25-15+. The topological polar surface area (TPSA) is 0 Å². The van der Waals surface area contributed by atoms with E-state index in [0.29, 0.717) is 16.7 Å². The molecule has 0 aromatic rings. The first-order valence-corrected chi connectivity index (χ1v) is 12.7. The summed E-state index contributed by atoms with van der Waals surface area (Å²) in [5.74, 6) is 3.34. The monoisotopic (exact) mass is 396 g/mol. The molecule has 29 heavy (non-hydrogen) atoms. The molecule has 3 fully saturated rings. The zero-order valence-corrected chi connectivity index (χ0v) is 20.4. The van der Waals surface area contributed by atoms with Crippen molar-refractivity contribution in [3.63, 3.8) is 0 Å². The molecule has 3 aliphatic rings. The van der Waals surface area contributed by atoms with Gasteiger partial charge in [-0.1, -0.05) is 89.8 Å². The first-order valence-electron chi connectivity index (χ1n) is 12.7. The Morgan fingerprint density at radius 2 is 1.90 bits per heavy atom. The van der Waals surface area contributed by atoms with Gasteiger partial charge in [-0.2, -0.15) is 0 Å². The molecule has 0 aromatic carbocycles. The molecule has 3 saturated carbocycles. The van der Waals surface area contributed by atoms with Gasteiger partial charge in [0.05, 0.1) is 0 Å². The Morgan fingerprint density at radius 1 is 1.14 bits per heavy atom. The fourth-order valence-electron chi connectivity index (χ4n) is 6.95. The normalized spacial score (nSPS) is 37.2. The summed E-state index contributed by atoms with van der Waals surface area (Å²) in [5, 5.41) is 0. The van der Waals surface area contributed by atoms with Gasteiger partial charge in [-0.25, -0.2) is 0 Å². The van der Waals surface area contributed by atoms with Crippen molar-refractivity contribution in [2.75, 3.05) is 0 Å². The number of allylic oxidation sites excluding steroid dienone is 5. The van der Waals surface area contributed by atoms with Crippen molar-refractivity contribution >= 4 is 0 Å². The van der Waals surface area contributed by atoms with Gasteiger partial charge in [-0.3, -0.25) is 0 Å². The van der Waals surface area contributed by atoms with Crippen molar-refractivity contribution < 1.29 is 0 Å². The number of rotatable bonds is 5. The summed E-state index contributed by atoms with van der Waals surface area (Å²) in [7, 11) is 0. The van der Waals surface area contributed by atoms with Gasteiger partial charge in [-0.15, -0.1) is 0 Å². The minimum atomic E-state index is 0.485. The first kappa shape index (κ1) is 22.9. The molecule has 164 valence electrons. The first-order chi connectivity index (χ1) is 13.6. The molecule has 0 aliphatic heterocycles. The van der Waals surface area contributed by atoms with Crippen LogP contribution in [0.5, 0.6) is 0 Å². The molecule has 0 heteroatoms. The van der Waals surface area contributed by atoms with Crippen LogP contribution in [0, 0.1) is 34.5 Å². The number of hydrogen-bond donors (Lipinski definition) is 0. The molecule has 5 unspecified atom stereocenters. The fraction of sp³-hybridized carbons (Fsp3) is 0.793. The van der Waals surface area contributed by atoms with E-state index in [-0.39, 0.29) is 0 Å². The van der Waals surface area contributed by atoms with Gasteiger partial charge in [0.15, 0.2) is 0 Å². The highest BCUT2D eigenvalue weighted by Crippen LogP contribution is 2.60. The van der Waals surface area contributed by atoms with E-state index < -0.39 is 0 Å². The molecule has 0 spiro atoms. The minimum Gasteiger partial charge on any atom is -0.0996 e. The lowest BCUT2D eigenvalue weighted by Gasteiger charge is -2.44. The van der Waals surface area contributed by atoms with E-state index >= 15 is 0 Å². The SMILES string of the molecule is C=C1CC/C(=C/C=C2\CCCC3(C)C2CCC3C(C)CCCC(C)(C)C)CC1C. The maximum Gasteiger partial charge on any atom is -0.0143 e. The molecule has 5 atom stereocenters. The van der Waals surface area contributed by atoms with E-state index in [1.165, 1.54) is 76.2 Å². The Hall–Kier alpha value is -0.780. The number of hydrogen-bond acceptors (Lipinski definition) is 0. The van der Waals surface area contributed by atoms with Crippen LogP contribution in [0.4, 0.5) is 0 Å². The van der Waals surface area contributed by atoms with Crippen molar-refractivity contribution in [1.29, 1.82) is 0 Å². The van der Waals surface area contributed by atoms with Gasteiger partial charge < -0.3 is 0 Å². The molecule has 3 rings (SSSR count). The van der Waals surface area contributed by atoms with E-state index in [9.17, 15) is 0 Å². The predicted octanol–water partition coefficient (Wildman–Crippen LogP) is 9.28. The Labute approximate surface area is 182 Å².